The fraction of sp³-hybridized carbons (Fsp3) is 0.348. The number of aromatic amines is 1. The lowest BCUT2D eigenvalue weighted by Crippen LogP contribution is -2.51. The number of amides is 1. The standard InChI is InChI=1S/C23H24ClN3O/c24-17-7-9-22-20(15-17)19-14-16(6-8-21(19)25-22)23(28)27-12-10-26(11-13-27)18-4-2-1-3-5-18/h1-5,7,9,15-16,25H,6,8,10-14H2. The van der Waals surface area contributed by atoms with Crippen molar-refractivity contribution in [3.05, 3.63) is 64.8 Å². The van der Waals surface area contributed by atoms with Gasteiger partial charge in [-0.2, -0.15) is 0 Å². The molecule has 1 fully saturated rings. The van der Waals surface area contributed by atoms with E-state index >= 15 is 0 Å². The van der Waals surface area contributed by atoms with Gasteiger partial charge in [-0.05, 0) is 55.2 Å². The molecular weight excluding hydrogens is 370 g/mol. The van der Waals surface area contributed by atoms with Crippen molar-refractivity contribution in [2.75, 3.05) is 31.1 Å². The maximum Gasteiger partial charge on any atom is 0.226 e. The first kappa shape index (κ1) is 17.6. The number of nitrogens with zero attached hydrogens (tertiary/aromatic N) is 2. The third-order valence-corrected chi connectivity index (χ3v) is 6.45. The molecule has 28 heavy (non-hydrogen) atoms. The van der Waals surface area contributed by atoms with Gasteiger partial charge in [-0.3, -0.25) is 4.79 Å². The van der Waals surface area contributed by atoms with E-state index in [2.05, 4.69) is 39.0 Å². The molecule has 1 aromatic heterocycles. The van der Waals surface area contributed by atoms with E-state index in [9.17, 15) is 4.79 Å². The molecule has 1 aliphatic heterocycles. The summed E-state index contributed by atoms with van der Waals surface area (Å²) in [5.41, 5.74) is 4.92. The van der Waals surface area contributed by atoms with Crippen LogP contribution in [0, 0.1) is 5.92 Å². The van der Waals surface area contributed by atoms with Crippen LogP contribution in [0.5, 0.6) is 0 Å². The smallest absolute Gasteiger partial charge is 0.226 e. The van der Waals surface area contributed by atoms with E-state index in [-0.39, 0.29) is 5.92 Å². The molecule has 1 unspecified atom stereocenters. The molecule has 3 aromatic rings. The van der Waals surface area contributed by atoms with Gasteiger partial charge in [-0.1, -0.05) is 29.8 Å². The summed E-state index contributed by atoms with van der Waals surface area (Å²) in [7, 11) is 0. The lowest BCUT2D eigenvalue weighted by Gasteiger charge is -2.38. The molecule has 1 saturated heterocycles. The number of nitrogens with one attached hydrogen (secondary N) is 1. The first-order chi connectivity index (χ1) is 13.7. The number of rotatable bonds is 2. The Bertz CT molecular complexity index is 1010. The number of fused-ring (bicyclic) bond motifs is 3. The van der Waals surface area contributed by atoms with Gasteiger partial charge in [0.15, 0.2) is 0 Å². The largest absolute Gasteiger partial charge is 0.368 e. The average Bonchev–Trinajstić information content (AvgIpc) is 3.11. The normalized spacial score (nSPS) is 19.7. The molecule has 0 bridgehead atoms. The second-order valence-corrected chi connectivity index (χ2v) is 8.30. The predicted octanol–water partition coefficient (Wildman–Crippen LogP) is 4.28. The second kappa shape index (κ2) is 7.17. The number of para-hydroxylation sites is 1. The van der Waals surface area contributed by atoms with Crippen molar-refractivity contribution in [2.24, 2.45) is 5.92 Å². The van der Waals surface area contributed by atoms with Gasteiger partial charge >= 0.3 is 0 Å². The maximum atomic E-state index is 13.2. The van der Waals surface area contributed by atoms with Crippen molar-refractivity contribution < 1.29 is 4.79 Å². The zero-order valence-electron chi connectivity index (χ0n) is 15.8. The van der Waals surface area contributed by atoms with Crippen molar-refractivity contribution in [1.82, 2.24) is 9.88 Å². The summed E-state index contributed by atoms with van der Waals surface area (Å²) < 4.78 is 0. The summed E-state index contributed by atoms with van der Waals surface area (Å²) >= 11 is 6.21. The van der Waals surface area contributed by atoms with E-state index in [1.54, 1.807) is 0 Å². The fourth-order valence-corrected chi connectivity index (χ4v) is 4.85. The first-order valence-corrected chi connectivity index (χ1v) is 10.4. The van der Waals surface area contributed by atoms with Gasteiger partial charge in [0, 0.05) is 59.4 Å². The van der Waals surface area contributed by atoms with Crippen molar-refractivity contribution in [1.29, 1.82) is 0 Å². The Morgan fingerprint density at radius 3 is 2.61 bits per heavy atom. The van der Waals surface area contributed by atoms with Crippen LogP contribution >= 0.6 is 11.6 Å². The SMILES string of the molecule is O=C(C1CCc2[nH]c3ccc(Cl)cc3c2C1)N1CCN(c2ccccc2)CC1. The third-order valence-electron chi connectivity index (χ3n) is 6.21. The topological polar surface area (TPSA) is 39.3 Å². The Balaban J connectivity index is 1.28. The lowest BCUT2D eigenvalue weighted by atomic mass is 9.85. The molecule has 1 N–H and O–H groups in total. The molecule has 5 rings (SSSR count). The molecule has 0 saturated carbocycles. The lowest BCUT2D eigenvalue weighted by molar-refractivity contribution is -0.136. The number of halogens is 1. The number of piperazine rings is 1. The summed E-state index contributed by atoms with van der Waals surface area (Å²) in [5.74, 6) is 0.392. The minimum absolute atomic E-state index is 0.0776. The van der Waals surface area contributed by atoms with Crippen LogP contribution in [-0.2, 0) is 17.6 Å². The highest BCUT2D eigenvalue weighted by molar-refractivity contribution is 6.31. The molecule has 1 amide bonds. The Morgan fingerprint density at radius 1 is 1.04 bits per heavy atom. The number of hydrogen-bond acceptors (Lipinski definition) is 2. The number of carbonyl (C=O) groups is 1. The summed E-state index contributed by atoms with van der Waals surface area (Å²) in [6, 6.07) is 16.4. The zero-order chi connectivity index (χ0) is 19.1. The van der Waals surface area contributed by atoms with E-state index in [4.69, 9.17) is 11.6 Å². The summed E-state index contributed by atoms with van der Waals surface area (Å²) in [6.45, 7) is 3.40. The zero-order valence-corrected chi connectivity index (χ0v) is 16.6. The van der Waals surface area contributed by atoms with Crippen molar-refractivity contribution in [3.63, 3.8) is 0 Å². The predicted molar refractivity (Wildman–Crippen MR) is 114 cm³/mol. The minimum Gasteiger partial charge on any atom is -0.368 e. The van der Waals surface area contributed by atoms with E-state index in [1.165, 1.54) is 22.3 Å². The van der Waals surface area contributed by atoms with Crippen LogP contribution in [0.2, 0.25) is 5.02 Å². The molecule has 144 valence electrons. The number of anilines is 1. The fourth-order valence-electron chi connectivity index (χ4n) is 4.68. The van der Waals surface area contributed by atoms with Crippen molar-refractivity contribution in [2.45, 2.75) is 19.3 Å². The molecule has 2 heterocycles. The molecule has 0 radical (unpaired) electrons. The Morgan fingerprint density at radius 2 is 1.82 bits per heavy atom. The van der Waals surface area contributed by atoms with Gasteiger partial charge in [0.2, 0.25) is 5.91 Å². The van der Waals surface area contributed by atoms with Crippen LogP contribution in [0.1, 0.15) is 17.7 Å². The quantitative estimate of drug-likeness (QED) is 0.706. The summed E-state index contributed by atoms with van der Waals surface area (Å²) in [4.78, 5) is 21.2. The van der Waals surface area contributed by atoms with Gasteiger partial charge in [0.25, 0.3) is 0 Å². The monoisotopic (exact) mass is 393 g/mol. The summed E-state index contributed by atoms with van der Waals surface area (Å²) in [6.07, 6.45) is 2.67. The van der Waals surface area contributed by atoms with Crippen LogP contribution in [0.3, 0.4) is 0 Å². The van der Waals surface area contributed by atoms with Crippen molar-refractivity contribution >= 4 is 34.1 Å². The number of H-pyrrole nitrogens is 1. The third kappa shape index (κ3) is 3.16. The first-order valence-electron chi connectivity index (χ1n) is 10.1. The molecule has 1 aliphatic carbocycles. The highest BCUT2D eigenvalue weighted by Crippen LogP contribution is 2.34. The van der Waals surface area contributed by atoms with Gasteiger partial charge < -0.3 is 14.8 Å². The van der Waals surface area contributed by atoms with Gasteiger partial charge in [-0.25, -0.2) is 0 Å². The van der Waals surface area contributed by atoms with E-state index < -0.39 is 0 Å². The van der Waals surface area contributed by atoms with Gasteiger partial charge in [-0.15, -0.1) is 0 Å². The average molecular weight is 394 g/mol. The van der Waals surface area contributed by atoms with Crippen LogP contribution in [0.25, 0.3) is 10.9 Å². The Labute approximate surface area is 170 Å². The summed E-state index contributed by atoms with van der Waals surface area (Å²) in [5, 5.41) is 1.92. The molecule has 2 aliphatic rings. The number of carbonyl (C=O) groups excluding carboxylic acids is 1. The molecule has 0 spiro atoms. The second-order valence-electron chi connectivity index (χ2n) is 7.86. The molecule has 2 aromatic carbocycles. The minimum atomic E-state index is 0.0776. The van der Waals surface area contributed by atoms with E-state index in [0.717, 1.165) is 56.0 Å². The maximum absolute atomic E-state index is 13.2. The molecule has 1 atom stereocenters. The number of aryl methyl sites for hydroxylation is 1. The number of benzene rings is 2. The van der Waals surface area contributed by atoms with Crippen molar-refractivity contribution in [3.8, 4) is 0 Å². The van der Waals surface area contributed by atoms with Gasteiger partial charge in [0.1, 0.15) is 0 Å². The van der Waals surface area contributed by atoms with Crippen LogP contribution in [-0.4, -0.2) is 42.0 Å². The number of aromatic nitrogens is 1. The van der Waals surface area contributed by atoms with Crippen LogP contribution in [0.4, 0.5) is 5.69 Å². The van der Waals surface area contributed by atoms with Crippen LogP contribution in [0.15, 0.2) is 48.5 Å². The van der Waals surface area contributed by atoms with E-state index in [1.807, 2.05) is 24.3 Å². The van der Waals surface area contributed by atoms with Crippen LogP contribution < -0.4 is 4.90 Å². The molecular formula is C23H24ClN3O. The highest BCUT2D eigenvalue weighted by atomic mass is 35.5. The highest BCUT2D eigenvalue weighted by Gasteiger charge is 2.31. The Kier molecular flexibility index (Phi) is 4.52. The molecule has 4 nitrogen and oxygen atoms in total. The van der Waals surface area contributed by atoms with Gasteiger partial charge in [0.05, 0.1) is 0 Å². The molecule has 5 heteroatoms. The Hall–Kier alpha value is -2.46. The number of hydrogen-bond donors (Lipinski definition) is 1. The van der Waals surface area contributed by atoms with E-state index in [0.29, 0.717) is 5.91 Å².